The molecular weight excluding hydrogens is 428 g/mol. The number of benzene rings is 5. The van der Waals surface area contributed by atoms with Gasteiger partial charge in [0.1, 0.15) is 5.75 Å². The summed E-state index contributed by atoms with van der Waals surface area (Å²) in [7, 11) is 1.63. The number of carbonyl (C=O) groups is 1. The molecule has 0 unspecified atom stereocenters. The highest BCUT2D eigenvalue weighted by Gasteiger charge is 2.51. The molecule has 0 saturated carbocycles. The second kappa shape index (κ2) is 7.28. The van der Waals surface area contributed by atoms with E-state index >= 15 is 0 Å². The number of methoxy groups -OCH3 is 1. The molecule has 2 aliphatic carbocycles. The molecule has 2 nitrogen and oxygen atoms in total. The number of ether oxygens (including phenoxy) is 1. The standard InChI is InChI=1S/C33H22O2/c1-35-23-17-14-21(15-18-23)32(34)22-16-19-27-26-10-4-7-13-30(26)33(31(27)20-22)28-11-5-2-8-24(28)25-9-3-6-12-29(25)33/h2-20H,1H3. The number of rotatable bonds is 3. The van der Waals surface area contributed by atoms with Crippen LogP contribution in [0.25, 0.3) is 22.3 Å². The Bertz CT molecular complexity index is 1580. The van der Waals surface area contributed by atoms with Gasteiger partial charge >= 0.3 is 0 Å². The second-order valence-electron chi connectivity index (χ2n) is 9.20. The summed E-state index contributed by atoms with van der Waals surface area (Å²) in [6, 6.07) is 39.6. The van der Waals surface area contributed by atoms with E-state index in [4.69, 9.17) is 4.74 Å². The first-order valence-electron chi connectivity index (χ1n) is 11.9. The van der Waals surface area contributed by atoms with Crippen LogP contribution in [0.5, 0.6) is 5.75 Å². The van der Waals surface area contributed by atoms with Crippen molar-refractivity contribution in [3.8, 4) is 28.0 Å². The zero-order chi connectivity index (χ0) is 23.6. The van der Waals surface area contributed by atoms with E-state index < -0.39 is 5.41 Å². The third-order valence-corrected chi connectivity index (χ3v) is 7.61. The van der Waals surface area contributed by atoms with Crippen LogP contribution in [0, 0.1) is 0 Å². The Morgan fingerprint density at radius 1 is 0.543 bits per heavy atom. The Morgan fingerprint density at radius 2 is 1.00 bits per heavy atom. The lowest BCUT2D eigenvalue weighted by Gasteiger charge is -2.30. The van der Waals surface area contributed by atoms with Crippen molar-refractivity contribution in [2.75, 3.05) is 7.11 Å². The summed E-state index contributed by atoms with van der Waals surface area (Å²) in [6.45, 7) is 0. The van der Waals surface area contributed by atoms with Crippen LogP contribution in [-0.4, -0.2) is 12.9 Å². The fourth-order valence-corrected chi connectivity index (χ4v) is 6.15. The highest BCUT2D eigenvalue weighted by Crippen LogP contribution is 2.62. The van der Waals surface area contributed by atoms with Gasteiger partial charge in [-0.3, -0.25) is 4.79 Å². The van der Waals surface area contributed by atoms with Gasteiger partial charge < -0.3 is 4.74 Å². The fourth-order valence-electron chi connectivity index (χ4n) is 6.15. The number of fused-ring (bicyclic) bond motifs is 10. The fraction of sp³-hybridized carbons (Fsp3) is 0.0606. The van der Waals surface area contributed by atoms with Gasteiger partial charge in [-0.2, -0.15) is 0 Å². The molecule has 0 atom stereocenters. The van der Waals surface area contributed by atoms with Crippen molar-refractivity contribution in [3.05, 3.63) is 149 Å². The number of carbonyl (C=O) groups excluding carboxylic acids is 1. The monoisotopic (exact) mass is 450 g/mol. The molecule has 7 rings (SSSR count). The lowest BCUT2D eigenvalue weighted by Crippen LogP contribution is -2.26. The van der Waals surface area contributed by atoms with Crippen molar-refractivity contribution >= 4 is 5.78 Å². The molecule has 0 N–H and O–H groups in total. The molecule has 0 amide bonds. The van der Waals surface area contributed by atoms with Gasteiger partial charge in [0, 0.05) is 11.1 Å². The molecule has 0 fully saturated rings. The zero-order valence-electron chi connectivity index (χ0n) is 19.3. The average molecular weight is 451 g/mol. The molecule has 0 radical (unpaired) electrons. The minimum absolute atomic E-state index is 0.0149. The molecule has 166 valence electrons. The Kier molecular flexibility index (Phi) is 4.16. The van der Waals surface area contributed by atoms with Gasteiger partial charge in [0.15, 0.2) is 5.78 Å². The maximum absolute atomic E-state index is 13.6. The van der Waals surface area contributed by atoms with Gasteiger partial charge in [-0.1, -0.05) is 84.9 Å². The number of hydrogen-bond donors (Lipinski definition) is 0. The largest absolute Gasteiger partial charge is 0.497 e. The van der Waals surface area contributed by atoms with Gasteiger partial charge in [0.25, 0.3) is 0 Å². The molecule has 0 aromatic heterocycles. The normalized spacial score (nSPS) is 13.6. The van der Waals surface area contributed by atoms with E-state index in [0.29, 0.717) is 11.1 Å². The predicted molar refractivity (Wildman–Crippen MR) is 139 cm³/mol. The van der Waals surface area contributed by atoms with Gasteiger partial charge in [0.2, 0.25) is 0 Å². The van der Waals surface area contributed by atoms with Crippen molar-refractivity contribution in [1.82, 2.24) is 0 Å². The summed E-state index contributed by atoms with van der Waals surface area (Å²) in [5.74, 6) is 0.755. The van der Waals surface area contributed by atoms with Crippen LogP contribution in [0.1, 0.15) is 38.2 Å². The maximum Gasteiger partial charge on any atom is 0.193 e. The highest BCUT2D eigenvalue weighted by atomic mass is 16.5. The summed E-state index contributed by atoms with van der Waals surface area (Å²) >= 11 is 0. The van der Waals surface area contributed by atoms with Gasteiger partial charge in [-0.25, -0.2) is 0 Å². The van der Waals surface area contributed by atoms with Crippen LogP contribution in [0.3, 0.4) is 0 Å². The van der Waals surface area contributed by atoms with E-state index in [-0.39, 0.29) is 5.78 Å². The van der Waals surface area contributed by atoms with Gasteiger partial charge in [-0.15, -0.1) is 0 Å². The molecule has 0 bridgehead atoms. The highest BCUT2D eigenvalue weighted by molar-refractivity contribution is 6.10. The summed E-state index contributed by atoms with van der Waals surface area (Å²) in [4.78, 5) is 13.6. The summed E-state index contributed by atoms with van der Waals surface area (Å²) in [5, 5.41) is 0. The Balaban J connectivity index is 1.51. The van der Waals surface area contributed by atoms with Gasteiger partial charge in [0.05, 0.1) is 12.5 Å². The average Bonchev–Trinajstić information content (AvgIpc) is 3.40. The van der Waals surface area contributed by atoms with Crippen molar-refractivity contribution in [1.29, 1.82) is 0 Å². The third-order valence-electron chi connectivity index (χ3n) is 7.61. The Labute approximate surface area is 204 Å². The second-order valence-corrected chi connectivity index (χ2v) is 9.20. The third kappa shape index (κ3) is 2.57. The summed E-state index contributed by atoms with van der Waals surface area (Å²) in [6.07, 6.45) is 0. The van der Waals surface area contributed by atoms with E-state index in [1.54, 1.807) is 7.11 Å². The smallest absolute Gasteiger partial charge is 0.193 e. The first-order valence-corrected chi connectivity index (χ1v) is 11.9. The molecule has 0 saturated heterocycles. The molecule has 5 aromatic carbocycles. The van der Waals surface area contributed by atoms with Crippen LogP contribution in [0.4, 0.5) is 0 Å². The van der Waals surface area contributed by atoms with Crippen LogP contribution in [0.15, 0.2) is 115 Å². The lowest BCUT2D eigenvalue weighted by atomic mass is 9.70. The van der Waals surface area contributed by atoms with Crippen molar-refractivity contribution in [3.63, 3.8) is 0 Å². The summed E-state index contributed by atoms with van der Waals surface area (Å²) in [5.41, 5.74) is 10.9. The molecule has 5 aromatic rings. The molecule has 2 aliphatic rings. The first-order chi connectivity index (χ1) is 17.2. The van der Waals surface area contributed by atoms with Crippen molar-refractivity contribution in [2.45, 2.75) is 5.41 Å². The van der Waals surface area contributed by atoms with Crippen molar-refractivity contribution in [2.24, 2.45) is 0 Å². The first kappa shape index (κ1) is 20.0. The van der Waals surface area contributed by atoms with E-state index in [1.165, 1.54) is 44.5 Å². The topological polar surface area (TPSA) is 26.3 Å². The molecular formula is C33H22O2. The van der Waals surface area contributed by atoms with Crippen LogP contribution in [0.2, 0.25) is 0 Å². The van der Waals surface area contributed by atoms with Gasteiger partial charge in [-0.05, 0) is 74.8 Å². The SMILES string of the molecule is COc1ccc(C(=O)c2ccc3c(c2)C2(c4ccccc4-c4ccccc42)c2ccccc2-3)cc1. The van der Waals surface area contributed by atoms with Crippen LogP contribution < -0.4 is 4.74 Å². The number of hydrogen-bond acceptors (Lipinski definition) is 2. The molecule has 35 heavy (non-hydrogen) atoms. The molecule has 1 spiro atoms. The van der Waals surface area contributed by atoms with E-state index in [0.717, 1.165) is 5.75 Å². The Morgan fingerprint density at radius 3 is 1.51 bits per heavy atom. The van der Waals surface area contributed by atoms with E-state index in [1.807, 2.05) is 30.3 Å². The summed E-state index contributed by atoms with van der Waals surface area (Å²) < 4.78 is 5.27. The molecule has 0 aliphatic heterocycles. The maximum atomic E-state index is 13.6. The molecule has 0 heterocycles. The van der Waals surface area contributed by atoms with Crippen molar-refractivity contribution < 1.29 is 9.53 Å². The van der Waals surface area contributed by atoms with Crippen LogP contribution >= 0.6 is 0 Å². The number of ketones is 1. The minimum Gasteiger partial charge on any atom is -0.497 e. The Hall–Kier alpha value is -4.43. The quantitative estimate of drug-likeness (QED) is 0.265. The predicted octanol–water partition coefficient (Wildman–Crippen LogP) is 7.27. The van der Waals surface area contributed by atoms with Crippen LogP contribution in [-0.2, 0) is 5.41 Å². The molecule has 2 heteroatoms. The van der Waals surface area contributed by atoms with E-state index in [9.17, 15) is 4.79 Å². The zero-order valence-corrected chi connectivity index (χ0v) is 19.3. The van der Waals surface area contributed by atoms with E-state index in [2.05, 4.69) is 84.9 Å². The minimum atomic E-state index is -0.435. The lowest BCUT2D eigenvalue weighted by molar-refractivity contribution is 0.103.